The molecule has 0 heterocycles. The second-order valence-corrected chi connectivity index (χ2v) is 7.50. The van der Waals surface area contributed by atoms with Crippen molar-refractivity contribution < 1.29 is 14.3 Å². The van der Waals surface area contributed by atoms with Gasteiger partial charge >= 0.3 is 6.09 Å². The monoisotopic (exact) mass is 498 g/mol. The van der Waals surface area contributed by atoms with Crippen LogP contribution >= 0.6 is 24.0 Å². The smallest absolute Gasteiger partial charge is 0.410 e. The molecule has 0 aromatic heterocycles. The van der Waals surface area contributed by atoms with Crippen LogP contribution in [0.25, 0.3) is 0 Å². The first-order chi connectivity index (χ1) is 12.4. The standard InChI is InChI=1S/C19H38N4O3.HI/c1-6-20-17(21-12-8-9-15-25-7-2)22-13-14-23(16-10-11-16)18(24)26-19(3,4)5;/h16H,6-15H2,1-5H3,(H2,20,21,22);1H. The molecule has 7 nitrogen and oxygen atoms in total. The van der Waals surface area contributed by atoms with Gasteiger partial charge in [0.1, 0.15) is 5.60 Å². The van der Waals surface area contributed by atoms with Crippen LogP contribution in [-0.2, 0) is 9.47 Å². The number of hydrogen-bond acceptors (Lipinski definition) is 4. The maximum atomic E-state index is 12.4. The van der Waals surface area contributed by atoms with E-state index in [1.807, 2.05) is 39.5 Å². The molecule has 0 spiro atoms. The summed E-state index contributed by atoms with van der Waals surface area (Å²) in [7, 11) is 0. The topological polar surface area (TPSA) is 75.2 Å². The number of nitrogens with one attached hydrogen (secondary N) is 2. The van der Waals surface area contributed by atoms with E-state index < -0.39 is 5.60 Å². The first-order valence-electron chi connectivity index (χ1n) is 9.97. The van der Waals surface area contributed by atoms with Crippen molar-refractivity contribution in [3.63, 3.8) is 0 Å². The van der Waals surface area contributed by atoms with E-state index in [1.54, 1.807) is 0 Å². The van der Waals surface area contributed by atoms with Crippen molar-refractivity contribution in [1.82, 2.24) is 15.5 Å². The molecule has 1 aliphatic carbocycles. The largest absolute Gasteiger partial charge is 0.444 e. The second-order valence-electron chi connectivity index (χ2n) is 7.50. The molecule has 1 saturated carbocycles. The Morgan fingerprint density at radius 1 is 1.19 bits per heavy atom. The Morgan fingerprint density at radius 2 is 1.89 bits per heavy atom. The molecular formula is C19H39IN4O3. The third-order valence-electron chi connectivity index (χ3n) is 3.78. The summed E-state index contributed by atoms with van der Waals surface area (Å²) >= 11 is 0. The minimum Gasteiger partial charge on any atom is -0.444 e. The minimum atomic E-state index is -0.463. The predicted molar refractivity (Wildman–Crippen MR) is 121 cm³/mol. The van der Waals surface area contributed by atoms with Gasteiger partial charge < -0.3 is 25.0 Å². The van der Waals surface area contributed by atoms with Gasteiger partial charge in [-0.2, -0.15) is 0 Å². The van der Waals surface area contributed by atoms with E-state index >= 15 is 0 Å². The van der Waals surface area contributed by atoms with Crippen LogP contribution in [0.2, 0.25) is 0 Å². The highest BCUT2D eigenvalue weighted by molar-refractivity contribution is 14.0. The maximum Gasteiger partial charge on any atom is 0.410 e. The Kier molecular flexibility index (Phi) is 13.9. The zero-order chi connectivity index (χ0) is 19.4. The fourth-order valence-electron chi connectivity index (χ4n) is 2.42. The lowest BCUT2D eigenvalue weighted by molar-refractivity contribution is 0.0238. The number of carbonyl (C=O) groups excluding carboxylic acids is 1. The minimum absolute atomic E-state index is 0. The van der Waals surface area contributed by atoms with Gasteiger partial charge in [0.15, 0.2) is 5.96 Å². The maximum absolute atomic E-state index is 12.4. The quantitative estimate of drug-likeness (QED) is 0.198. The summed E-state index contributed by atoms with van der Waals surface area (Å²) in [4.78, 5) is 18.8. The van der Waals surface area contributed by atoms with Crippen LogP contribution in [0.3, 0.4) is 0 Å². The molecule has 1 fully saturated rings. The van der Waals surface area contributed by atoms with Crippen LogP contribution in [-0.4, -0.2) is 68.0 Å². The van der Waals surface area contributed by atoms with Crippen molar-refractivity contribution in [3.8, 4) is 0 Å². The van der Waals surface area contributed by atoms with E-state index in [0.717, 1.165) is 57.9 Å². The molecule has 2 N–H and O–H groups in total. The van der Waals surface area contributed by atoms with Crippen molar-refractivity contribution in [2.45, 2.75) is 71.9 Å². The van der Waals surface area contributed by atoms with Crippen LogP contribution in [0.5, 0.6) is 0 Å². The van der Waals surface area contributed by atoms with E-state index in [-0.39, 0.29) is 30.1 Å². The van der Waals surface area contributed by atoms with Crippen LogP contribution in [0.4, 0.5) is 4.79 Å². The number of guanidine groups is 1. The predicted octanol–water partition coefficient (Wildman–Crippen LogP) is 3.38. The van der Waals surface area contributed by atoms with E-state index in [9.17, 15) is 4.79 Å². The molecule has 160 valence electrons. The molecular weight excluding hydrogens is 459 g/mol. The van der Waals surface area contributed by atoms with Gasteiger partial charge in [0.05, 0.1) is 0 Å². The first-order valence-corrected chi connectivity index (χ1v) is 9.97. The van der Waals surface area contributed by atoms with Gasteiger partial charge in [0.25, 0.3) is 0 Å². The number of halogens is 1. The summed E-state index contributed by atoms with van der Waals surface area (Å²) in [5.74, 6) is 0.795. The van der Waals surface area contributed by atoms with Gasteiger partial charge in [-0.05, 0) is 60.3 Å². The SMILES string of the molecule is CCNC(=NCCCCOCC)NCCN(C(=O)OC(C)(C)C)C1CC1.I. The highest BCUT2D eigenvalue weighted by atomic mass is 127. The van der Waals surface area contributed by atoms with Gasteiger partial charge in [0, 0.05) is 45.4 Å². The Morgan fingerprint density at radius 3 is 2.44 bits per heavy atom. The first kappa shape index (κ1) is 26.2. The average Bonchev–Trinajstić information content (AvgIpc) is 3.37. The van der Waals surface area contributed by atoms with E-state index in [4.69, 9.17) is 9.47 Å². The molecule has 27 heavy (non-hydrogen) atoms. The molecule has 1 rings (SSSR count). The molecule has 0 bridgehead atoms. The van der Waals surface area contributed by atoms with Crippen LogP contribution in [0, 0.1) is 0 Å². The van der Waals surface area contributed by atoms with Gasteiger partial charge in [-0.3, -0.25) is 4.99 Å². The number of unbranched alkanes of at least 4 members (excludes halogenated alkanes) is 1. The Labute approximate surface area is 182 Å². The van der Waals surface area contributed by atoms with Crippen LogP contribution in [0.15, 0.2) is 4.99 Å². The highest BCUT2D eigenvalue weighted by Gasteiger charge is 2.34. The van der Waals surface area contributed by atoms with Crippen molar-refractivity contribution >= 4 is 36.0 Å². The number of rotatable bonds is 11. The molecule has 0 radical (unpaired) electrons. The second kappa shape index (κ2) is 14.3. The lowest BCUT2D eigenvalue weighted by Gasteiger charge is -2.27. The summed E-state index contributed by atoms with van der Waals surface area (Å²) in [5.41, 5.74) is -0.463. The fraction of sp³-hybridized carbons (Fsp3) is 0.895. The molecule has 8 heteroatoms. The van der Waals surface area contributed by atoms with E-state index in [2.05, 4.69) is 15.6 Å². The summed E-state index contributed by atoms with van der Waals surface area (Å²) in [6.45, 7) is 14.2. The highest BCUT2D eigenvalue weighted by Crippen LogP contribution is 2.27. The fourth-order valence-corrected chi connectivity index (χ4v) is 2.42. The zero-order valence-electron chi connectivity index (χ0n) is 17.7. The number of hydrogen-bond donors (Lipinski definition) is 2. The van der Waals surface area contributed by atoms with Gasteiger partial charge in [-0.15, -0.1) is 24.0 Å². The Bertz CT molecular complexity index is 437. The number of carbonyl (C=O) groups is 1. The third kappa shape index (κ3) is 13.1. The molecule has 0 atom stereocenters. The molecule has 0 aromatic rings. The van der Waals surface area contributed by atoms with Gasteiger partial charge in [-0.25, -0.2) is 4.79 Å². The van der Waals surface area contributed by atoms with Gasteiger partial charge in [-0.1, -0.05) is 0 Å². The number of ether oxygens (including phenoxy) is 2. The number of nitrogens with zero attached hydrogens (tertiary/aromatic N) is 2. The molecule has 0 aliphatic heterocycles. The summed E-state index contributed by atoms with van der Waals surface area (Å²) in [6.07, 6.45) is 3.92. The van der Waals surface area contributed by atoms with Crippen LogP contribution < -0.4 is 10.6 Å². The summed E-state index contributed by atoms with van der Waals surface area (Å²) in [5, 5.41) is 6.56. The Hall–Kier alpha value is -0.770. The average molecular weight is 498 g/mol. The molecule has 0 aromatic carbocycles. The van der Waals surface area contributed by atoms with Gasteiger partial charge in [0.2, 0.25) is 0 Å². The number of amides is 1. The number of aliphatic imine (C=N–C) groups is 1. The Balaban J connectivity index is 0.00000676. The molecule has 0 saturated heterocycles. The molecule has 0 unspecified atom stereocenters. The summed E-state index contributed by atoms with van der Waals surface area (Å²) in [6, 6.07) is 0.324. The molecule has 1 amide bonds. The van der Waals surface area contributed by atoms with Crippen molar-refractivity contribution in [2.24, 2.45) is 4.99 Å². The summed E-state index contributed by atoms with van der Waals surface area (Å²) < 4.78 is 10.9. The third-order valence-corrected chi connectivity index (χ3v) is 3.78. The normalized spacial score (nSPS) is 14.3. The van der Waals surface area contributed by atoms with Crippen LogP contribution in [0.1, 0.15) is 60.3 Å². The van der Waals surface area contributed by atoms with Crippen molar-refractivity contribution in [3.05, 3.63) is 0 Å². The van der Waals surface area contributed by atoms with Crippen molar-refractivity contribution in [1.29, 1.82) is 0 Å². The zero-order valence-corrected chi connectivity index (χ0v) is 20.0. The van der Waals surface area contributed by atoms with E-state index in [0.29, 0.717) is 19.1 Å². The van der Waals surface area contributed by atoms with Crippen molar-refractivity contribution in [2.75, 3.05) is 39.4 Å². The molecule has 1 aliphatic rings. The lowest BCUT2D eigenvalue weighted by atomic mass is 10.2. The van der Waals surface area contributed by atoms with E-state index in [1.165, 1.54) is 0 Å². The lowest BCUT2D eigenvalue weighted by Crippen LogP contribution is -2.45.